The van der Waals surface area contributed by atoms with Crippen molar-refractivity contribution in [3.63, 3.8) is 0 Å². The fourth-order valence-electron chi connectivity index (χ4n) is 3.66. The Morgan fingerprint density at radius 3 is 2.41 bits per heavy atom. The Labute approximate surface area is 172 Å². The van der Waals surface area contributed by atoms with Crippen LogP contribution in [0, 0.1) is 0 Å². The molecule has 0 fully saturated rings. The van der Waals surface area contributed by atoms with Crippen LogP contribution >= 0.6 is 23.4 Å². The maximum absolute atomic E-state index is 12.9. The van der Waals surface area contributed by atoms with Crippen LogP contribution in [0.2, 0.25) is 5.02 Å². The third kappa shape index (κ3) is 5.30. The topological polar surface area (TPSA) is 29.1 Å². The van der Waals surface area contributed by atoms with Gasteiger partial charge in [0.15, 0.2) is 0 Å². The number of thioether (sulfide) groups is 1. The molecule has 2 nitrogen and oxygen atoms in total. The molecule has 0 aromatic heterocycles. The molecule has 1 aliphatic carbocycles. The van der Waals surface area contributed by atoms with Crippen LogP contribution in [0.15, 0.2) is 47.4 Å². The molecular formula is C23H28ClNOS. The van der Waals surface area contributed by atoms with Gasteiger partial charge in [0.25, 0.3) is 0 Å². The predicted octanol–water partition coefficient (Wildman–Crippen LogP) is 6.36. The summed E-state index contributed by atoms with van der Waals surface area (Å²) in [6.45, 7) is 4.20. The van der Waals surface area contributed by atoms with E-state index in [1.807, 2.05) is 24.3 Å². The second-order valence-corrected chi connectivity index (χ2v) is 8.89. The zero-order chi connectivity index (χ0) is 19.2. The van der Waals surface area contributed by atoms with Crippen LogP contribution in [0.25, 0.3) is 0 Å². The minimum atomic E-state index is -0.0992. The highest BCUT2D eigenvalue weighted by molar-refractivity contribution is 8.00. The minimum absolute atomic E-state index is 0.0737. The number of carbonyl (C=O) groups excluding carboxylic acids is 1. The van der Waals surface area contributed by atoms with E-state index < -0.39 is 0 Å². The number of aryl methyl sites for hydroxylation is 2. The van der Waals surface area contributed by atoms with Gasteiger partial charge in [0.2, 0.25) is 5.91 Å². The van der Waals surface area contributed by atoms with E-state index in [1.54, 1.807) is 11.8 Å². The lowest BCUT2D eigenvalue weighted by molar-refractivity contribution is -0.121. The van der Waals surface area contributed by atoms with Crippen molar-refractivity contribution in [3.05, 3.63) is 64.2 Å². The van der Waals surface area contributed by atoms with Gasteiger partial charge in [0, 0.05) is 9.92 Å². The zero-order valence-corrected chi connectivity index (χ0v) is 17.7. The average molecular weight is 402 g/mol. The molecule has 2 aromatic carbocycles. The van der Waals surface area contributed by atoms with Crippen molar-refractivity contribution in [2.24, 2.45) is 0 Å². The first-order valence-electron chi connectivity index (χ1n) is 9.95. The van der Waals surface area contributed by atoms with E-state index in [2.05, 4.69) is 37.4 Å². The van der Waals surface area contributed by atoms with E-state index in [0.717, 1.165) is 29.2 Å². The Bertz CT molecular complexity index is 774. The van der Waals surface area contributed by atoms with Gasteiger partial charge in [-0.3, -0.25) is 4.79 Å². The van der Waals surface area contributed by atoms with Crippen LogP contribution in [-0.2, 0) is 17.6 Å². The molecule has 4 heteroatoms. The first-order valence-corrected chi connectivity index (χ1v) is 11.2. The summed E-state index contributed by atoms with van der Waals surface area (Å²) in [6.07, 6.45) is 6.61. The van der Waals surface area contributed by atoms with Gasteiger partial charge in [-0.05, 0) is 79.5 Å². The van der Waals surface area contributed by atoms with Crippen molar-refractivity contribution in [2.45, 2.75) is 68.6 Å². The maximum atomic E-state index is 12.9. The summed E-state index contributed by atoms with van der Waals surface area (Å²) < 4.78 is 0. The van der Waals surface area contributed by atoms with E-state index in [4.69, 9.17) is 11.6 Å². The Morgan fingerprint density at radius 2 is 1.74 bits per heavy atom. The monoisotopic (exact) mass is 401 g/mol. The molecular weight excluding hydrogens is 374 g/mol. The second kappa shape index (κ2) is 9.66. The number of amides is 1. The molecule has 1 amide bonds. The van der Waals surface area contributed by atoms with Gasteiger partial charge in [-0.1, -0.05) is 43.6 Å². The van der Waals surface area contributed by atoms with E-state index in [9.17, 15) is 4.79 Å². The molecule has 27 heavy (non-hydrogen) atoms. The lowest BCUT2D eigenvalue weighted by Crippen LogP contribution is -2.35. The van der Waals surface area contributed by atoms with Crippen LogP contribution in [0.3, 0.4) is 0 Å². The molecule has 2 atom stereocenters. The molecule has 0 saturated carbocycles. The maximum Gasteiger partial charge on any atom is 0.233 e. The van der Waals surface area contributed by atoms with Crippen LogP contribution in [0.5, 0.6) is 0 Å². The van der Waals surface area contributed by atoms with Crippen LogP contribution < -0.4 is 5.32 Å². The predicted molar refractivity (Wildman–Crippen MR) is 116 cm³/mol. The molecule has 2 unspecified atom stereocenters. The van der Waals surface area contributed by atoms with Crippen molar-refractivity contribution < 1.29 is 4.79 Å². The molecule has 0 spiro atoms. The SMILES string of the molecule is CCC(Sc1ccc(Cl)cc1)C(=O)NC(CC)c1ccc2c(c1)CCCC2. The third-order valence-corrected chi connectivity index (χ3v) is 6.88. The van der Waals surface area contributed by atoms with Crippen molar-refractivity contribution in [2.75, 3.05) is 0 Å². The molecule has 0 radical (unpaired) electrons. The summed E-state index contributed by atoms with van der Waals surface area (Å²) in [4.78, 5) is 14.0. The highest BCUT2D eigenvalue weighted by Crippen LogP contribution is 2.29. The van der Waals surface area contributed by atoms with Crippen LogP contribution in [-0.4, -0.2) is 11.2 Å². The standard InChI is InChI=1S/C23H28ClNOS/c1-3-21(18-10-9-16-7-5-6-8-17(16)15-18)25-23(26)22(4-2)27-20-13-11-19(24)12-14-20/h9-15,21-22H,3-8H2,1-2H3,(H,25,26). The van der Waals surface area contributed by atoms with Crippen LogP contribution in [0.4, 0.5) is 0 Å². The quantitative estimate of drug-likeness (QED) is 0.547. The van der Waals surface area contributed by atoms with Gasteiger partial charge in [-0.2, -0.15) is 0 Å². The molecule has 0 aliphatic heterocycles. The first-order chi connectivity index (χ1) is 13.1. The first kappa shape index (κ1) is 20.3. The Kier molecular flexibility index (Phi) is 7.26. The molecule has 2 aromatic rings. The third-order valence-electron chi connectivity index (χ3n) is 5.25. The van der Waals surface area contributed by atoms with E-state index in [0.29, 0.717) is 0 Å². The molecule has 1 aliphatic rings. The van der Waals surface area contributed by atoms with Gasteiger partial charge in [-0.25, -0.2) is 0 Å². The van der Waals surface area contributed by atoms with Crippen molar-refractivity contribution in [1.29, 1.82) is 0 Å². The van der Waals surface area contributed by atoms with E-state index in [-0.39, 0.29) is 17.2 Å². The van der Waals surface area contributed by atoms with Crippen LogP contribution in [0.1, 0.15) is 62.3 Å². The normalized spacial score (nSPS) is 15.7. The zero-order valence-electron chi connectivity index (χ0n) is 16.1. The molecule has 0 bridgehead atoms. The molecule has 0 heterocycles. The van der Waals surface area contributed by atoms with Gasteiger partial charge in [-0.15, -0.1) is 11.8 Å². The Morgan fingerprint density at radius 1 is 1.04 bits per heavy atom. The summed E-state index contributed by atoms with van der Waals surface area (Å²) in [5.41, 5.74) is 4.18. The molecule has 144 valence electrons. The summed E-state index contributed by atoms with van der Waals surface area (Å²) in [5, 5.41) is 3.91. The largest absolute Gasteiger partial charge is 0.348 e. The highest BCUT2D eigenvalue weighted by Gasteiger charge is 2.22. The number of halogens is 1. The van der Waals surface area contributed by atoms with Gasteiger partial charge in [0.1, 0.15) is 0 Å². The summed E-state index contributed by atoms with van der Waals surface area (Å²) in [7, 11) is 0. The summed E-state index contributed by atoms with van der Waals surface area (Å²) in [5.74, 6) is 0.113. The number of nitrogens with one attached hydrogen (secondary N) is 1. The minimum Gasteiger partial charge on any atom is -0.348 e. The fraction of sp³-hybridized carbons (Fsp3) is 0.435. The smallest absolute Gasteiger partial charge is 0.233 e. The van der Waals surface area contributed by atoms with E-state index in [1.165, 1.54) is 36.0 Å². The summed E-state index contributed by atoms with van der Waals surface area (Å²) in [6, 6.07) is 14.5. The molecule has 1 N–H and O–H groups in total. The number of benzene rings is 2. The Balaban J connectivity index is 1.68. The number of hydrogen-bond donors (Lipinski definition) is 1. The number of carbonyl (C=O) groups is 1. The Hall–Kier alpha value is -1.45. The highest BCUT2D eigenvalue weighted by atomic mass is 35.5. The van der Waals surface area contributed by atoms with Crippen molar-refractivity contribution in [1.82, 2.24) is 5.32 Å². The van der Waals surface area contributed by atoms with Crippen molar-refractivity contribution >= 4 is 29.3 Å². The summed E-state index contributed by atoms with van der Waals surface area (Å²) >= 11 is 7.57. The molecule has 3 rings (SSSR count). The van der Waals surface area contributed by atoms with Crippen molar-refractivity contribution in [3.8, 4) is 0 Å². The van der Waals surface area contributed by atoms with Gasteiger partial charge in [0.05, 0.1) is 11.3 Å². The lowest BCUT2D eigenvalue weighted by atomic mass is 9.89. The van der Waals surface area contributed by atoms with Gasteiger partial charge >= 0.3 is 0 Å². The number of rotatable bonds is 7. The number of fused-ring (bicyclic) bond motifs is 1. The fourth-order valence-corrected chi connectivity index (χ4v) is 4.75. The second-order valence-electron chi connectivity index (χ2n) is 7.17. The average Bonchev–Trinajstić information content (AvgIpc) is 2.71. The van der Waals surface area contributed by atoms with E-state index >= 15 is 0 Å². The number of hydrogen-bond acceptors (Lipinski definition) is 2. The molecule has 0 saturated heterocycles. The lowest BCUT2D eigenvalue weighted by Gasteiger charge is -2.23. The van der Waals surface area contributed by atoms with Gasteiger partial charge < -0.3 is 5.32 Å².